The van der Waals surface area contributed by atoms with Crippen LogP contribution < -0.4 is 9.64 Å². The molecule has 3 aromatic carbocycles. The van der Waals surface area contributed by atoms with Gasteiger partial charge in [-0.3, -0.25) is 4.79 Å². The lowest BCUT2D eigenvalue weighted by molar-refractivity contribution is -0.126. The van der Waals surface area contributed by atoms with Crippen molar-refractivity contribution in [1.82, 2.24) is 4.90 Å². The Morgan fingerprint density at radius 1 is 0.939 bits per heavy atom. The van der Waals surface area contributed by atoms with Crippen molar-refractivity contribution in [3.63, 3.8) is 0 Å². The van der Waals surface area contributed by atoms with Crippen molar-refractivity contribution in [2.45, 2.75) is 6.61 Å². The quantitative estimate of drug-likeness (QED) is 0.243. The average molecular weight is 549 g/mol. The second-order valence-corrected chi connectivity index (χ2v) is 9.01. The predicted molar refractivity (Wildman–Crippen MR) is 139 cm³/mol. The Bertz CT molecular complexity index is 1140. The van der Waals surface area contributed by atoms with Gasteiger partial charge in [0.15, 0.2) is 0 Å². The Balaban J connectivity index is 1.34. The summed E-state index contributed by atoms with van der Waals surface area (Å²) in [5.74, 6) is 0.525. The van der Waals surface area contributed by atoms with Crippen molar-refractivity contribution in [2.75, 3.05) is 31.1 Å². The number of benzene rings is 3. The summed E-state index contributed by atoms with van der Waals surface area (Å²) in [5, 5.41) is 9.60. The Labute approximate surface area is 208 Å². The van der Waals surface area contributed by atoms with Gasteiger partial charge in [0, 0.05) is 35.4 Å². The molecule has 0 N–H and O–H groups in total. The maximum Gasteiger partial charge on any atom is 0.264 e. The molecule has 0 spiro atoms. The first-order chi connectivity index (χ1) is 16.1. The number of hydrogen-bond donors (Lipinski definition) is 0. The van der Waals surface area contributed by atoms with Crippen molar-refractivity contribution in [3.05, 3.63) is 99.1 Å². The number of rotatable bonds is 6. The van der Waals surface area contributed by atoms with Gasteiger partial charge >= 0.3 is 0 Å². The molecule has 0 bridgehead atoms. The lowest BCUT2D eigenvalue weighted by atomic mass is 10.1. The van der Waals surface area contributed by atoms with E-state index in [1.807, 2.05) is 54.6 Å². The summed E-state index contributed by atoms with van der Waals surface area (Å²) in [4.78, 5) is 16.9. The van der Waals surface area contributed by atoms with Crippen molar-refractivity contribution >= 4 is 40.3 Å². The number of piperazine rings is 1. The van der Waals surface area contributed by atoms with Gasteiger partial charge in [-0.25, -0.2) is 0 Å². The fourth-order valence-electron chi connectivity index (χ4n) is 3.69. The number of para-hydroxylation sites is 1. The smallest absolute Gasteiger partial charge is 0.264 e. The number of nitrogens with zero attached hydrogens (tertiary/aromatic N) is 3. The second-order valence-electron chi connectivity index (χ2n) is 7.77. The topological polar surface area (TPSA) is 56.6 Å². The number of hydrogen-bond acceptors (Lipinski definition) is 4. The summed E-state index contributed by atoms with van der Waals surface area (Å²) in [7, 11) is 0. The number of carbonyl (C=O) groups excluding carboxylic acids is 1. The van der Waals surface area contributed by atoms with E-state index in [0.717, 1.165) is 35.7 Å². The summed E-state index contributed by atoms with van der Waals surface area (Å²) in [6.07, 6.45) is 1.65. The van der Waals surface area contributed by atoms with E-state index >= 15 is 0 Å². The average Bonchev–Trinajstić information content (AvgIpc) is 2.88. The van der Waals surface area contributed by atoms with Gasteiger partial charge in [-0.05, 0) is 76.2 Å². The van der Waals surface area contributed by atoms with Gasteiger partial charge < -0.3 is 14.5 Å². The van der Waals surface area contributed by atoms with Crippen LogP contribution in [0.3, 0.4) is 0 Å². The van der Waals surface area contributed by atoms with Crippen LogP contribution in [0.1, 0.15) is 11.1 Å². The van der Waals surface area contributed by atoms with Crippen molar-refractivity contribution in [1.29, 1.82) is 5.26 Å². The van der Waals surface area contributed by atoms with Crippen LogP contribution in [0.4, 0.5) is 5.69 Å². The van der Waals surface area contributed by atoms with E-state index in [1.54, 1.807) is 11.0 Å². The molecule has 0 unspecified atom stereocenters. The molecular formula is C27H24IN3O2. The summed E-state index contributed by atoms with van der Waals surface area (Å²) in [5.41, 5.74) is 3.20. The number of ether oxygens (including phenoxy) is 1. The van der Waals surface area contributed by atoms with E-state index < -0.39 is 0 Å². The van der Waals surface area contributed by atoms with E-state index in [1.165, 1.54) is 3.57 Å². The molecule has 33 heavy (non-hydrogen) atoms. The first kappa shape index (κ1) is 22.9. The summed E-state index contributed by atoms with van der Waals surface area (Å²) < 4.78 is 7.03. The van der Waals surface area contributed by atoms with Gasteiger partial charge in [0.2, 0.25) is 0 Å². The number of anilines is 1. The third kappa shape index (κ3) is 6.14. The van der Waals surface area contributed by atoms with Crippen LogP contribution in [0.25, 0.3) is 6.08 Å². The zero-order valence-corrected chi connectivity index (χ0v) is 20.3. The highest BCUT2D eigenvalue weighted by Crippen LogP contribution is 2.19. The first-order valence-electron chi connectivity index (χ1n) is 10.8. The molecule has 1 aliphatic heterocycles. The maximum absolute atomic E-state index is 12.9. The molecule has 1 heterocycles. The van der Waals surface area contributed by atoms with Gasteiger partial charge in [0.05, 0.1) is 0 Å². The van der Waals surface area contributed by atoms with Crippen LogP contribution in [-0.2, 0) is 11.4 Å². The van der Waals surface area contributed by atoms with E-state index in [-0.39, 0.29) is 11.5 Å². The number of amides is 1. The molecule has 1 fully saturated rings. The molecule has 3 aromatic rings. The predicted octanol–water partition coefficient (Wildman–Crippen LogP) is 5.13. The molecule has 0 aromatic heterocycles. The number of carbonyl (C=O) groups is 1. The summed E-state index contributed by atoms with van der Waals surface area (Å²) >= 11 is 2.28. The number of halogens is 1. The van der Waals surface area contributed by atoms with Gasteiger partial charge in [-0.15, -0.1) is 0 Å². The van der Waals surface area contributed by atoms with E-state index in [9.17, 15) is 10.1 Å². The van der Waals surface area contributed by atoms with Crippen LogP contribution in [0.15, 0.2) is 84.4 Å². The Hall–Kier alpha value is -3.31. The van der Waals surface area contributed by atoms with Crippen molar-refractivity contribution in [2.24, 2.45) is 0 Å². The number of nitriles is 1. The van der Waals surface area contributed by atoms with E-state index in [0.29, 0.717) is 19.7 Å². The fraction of sp³-hybridized carbons (Fsp3) is 0.185. The molecule has 1 aliphatic rings. The Kier molecular flexibility index (Phi) is 7.63. The highest BCUT2D eigenvalue weighted by atomic mass is 127. The molecule has 0 radical (unpaired) electrons. The summed E-state index contributed by atoms with van der Waals surface area (Å²) in [6.45, 7) is 3.18. The van der Waals surface area contributed by atoms with Crippen molar-refractivity contribution in [3.8, 4) is 11.8 Å². The Morgan fingerprint density at radius 3 is 2.24 bits per heavy atom. The van der Waals surface area contributed by atoms with Gasteiger partial charge in [0.1, 0.15) is 24.0 Å². The van der Waals surface area contributed by atoms with Crippen LogP contribution in [0.2, 0.25) is 0 Å². The van der Waals surface area contributed by atoms with Crippen LogP contribution in [0.5, 0.6) is 5.75 Å². The van der Waals surface area contributed by atoms with E-state index in [4.69, 9.17) is 4.74 Å². The third-order valence-corrected chi connectivity index (χ3v) is 6.27. The molecule has 0 atom stereocenters. The van der Waals surface area contributed by atoms with Crippen LogP contribution >= 0.6 is 22.6 Å². The van der Waals surface area contributed by atoms with Gasteiger partial charge in [-0.2, -0.15) is 5.26 Å². The SMILES string of the molecule is N#C/C(=C/c1ccc(OCc2ccc(I)cc2)cc1)C(=O)N1CCN(c2ccccc2)CC1. The van der Waals surface area contributed by atoms with Crippen molar-refractivity contribution < 1.29 is 9.53 Å². The lowest BCUT2D eigenvalue weighted by Crippen LogP contribution is -2.49. The molecule has 166 valence electrons. The minimum atomic E-state index is -0.218. The van der Waals surface area contributed by atoms with Gasteiger partial charge in [0.25, 0.3) is 5.91 Å². The van der Waals surface area contributed by atoms with Crippen LogP contribution in [-0.4, -0.2) is 37.0 Å². The first-order valence-corrected chi connectivity index (χ1v) is 11.9. The molecule has 1 saturated heterocycles. The van der Waals surface area contributed by atoms with Crippen LogP contribution in [0, 0.1) is 14.9 Å². The molecule has 1 amide bonds. The normalized spacial score (nSPS) is 14.0. The lowest BCUT2D eigenvalue weighted by Gasteiger charge is -2.36. The minimum Gasteiger partial charge on any atom is -0.489 e. The molecular weight excluding hydrogens is 525 g/mol. The van der Waals surface area contributed by atoms with E-state index in [2.05, 4.69) is 57.8 Å². The molecule has 0 aliphatic carbocycles. The molecule has 5 nitrogen and oxygen atoms in total. The minimum absolute atomic E-state index is 0.149. The maximum atomic E-state index is 12.9. The van der Waals surface area contributed by atoms with Gasteiger partial charge in [-0.1, -0.05) is 42.5 Å². The Morgan fingerprint density at radius 2 is 1.61 bits per heavy atom. The monoisotopic (exact) mass is 549 g/mol. The highest BCUT2D eigenvalue weighted by Gasteiger charge is 2.23. The fourth-order valence-corrected chi connectivity index (χ4v) is 4.05. The zero-order valence-electron chi connectivity index (χ0n) is 18.2. The second kappa shape index (κ2) is 11.0. The largest absolute Gasteiger partial charge is 0.489 e. The third-order valence-electron chi connectivity index (χ3n) is 5.55. The summed E-state index contributed by atoms with van der Waals surface area (Å²) in [6, 6.07) is 27.9. The standard InChI is InChI=1S/C27H24IN3O2/c28-24-10-6-22(7-11-24)20-33-26-12-8-21(9-13-26)18-23(19-29)27(32)31-16-14-30(15-17-31)25-4-2-1-3-5-25/h1-13,18H,14-17,20H2/b23-18-. The molecule has 6 heteroatoms. The molecule has 4 rings (SSSR count). The highest BCUT2D eigenvalue weighted by molar-refractivity contribution is 14.1. The molecule has 0 saturated carbocycles. The zero-order chi connectivity index (χ0) is 23.0.